The van der Waals surface area contributed by atoms with E-state index < -0.39 is 18.1 Å². The van der Waals surface area contributed by atoms with E-state index in [1.807, 2.05) is 17.0 Å². The molecule has 216 valence electrons. The van der Waals surface area contributed by atoms with Crippen molar-refractivity contribution in [3.05, 3.63) is 65.1 Å². The van der Waals surface area contributed by atoms with Crippen LogP contribution in [0.15, 0.2) is 42.5 Å². The Hall–Kier alpha value is -4.35. The van der Waals surface area contributed by atoms with E-state index in [1.165, 1.54) is 35.6 Å². The molecule has 0 spiro atoms. The van der Waals surface area contributed by atoms with E-state index in [1.54, 1.807) is 19.1 Å². The highest BCUT2D eigenvalue weighted by Gasteiger charge is 2.38. The molecule has 1 aromatic heterocycles. The van der Waals surface area contributed by atoms with Crippen LogP contribution in [0.4, 0.5) is 24.7 Å². The van der Waals surface area contributed by atoms with Crippen LogP contribution >= 0.6 is 0 Å². The molecule has 0 radical (unpaired) electrons. The van der Waals surface area contributed by atoms with Gasteiger partial charge >= 0.3 is 12.1 Å². The summed E-state index contributed by atoms with van der Waals surface area (Å²) in [5.74, 6) is -0.264. The second kappa shape index (κ2) is 10.9. The first-order chi connectivity index (χ1) is 19.4. The fourth-order valence-electron chi connectivity index (χ4n) is 5.34. The molecule has 0 saturated heterocycles. The van der Waals surface area contributed by atoms with Gasteiger partial charge in [0.05, 0.1) is 12.2 Å². The van der Waals surface area contributed by atoms with Gasteiger partial charge < -0.3 is 25.2 Å². The van der Waals surface area contributed by atoms with Crippen LogP contribution in [0.1, 0.15) is 59.5 Å². The molecule has 6 rings (SSSR count). The van der Waals surface area contributed by atoms with Gasteiger partial charge in [0.2, 0.25) is 11.8 Å². The molecule has 12 heteroatoms. The van der Waals surface area contributed by atoms with Gasteiger partial charge in [-0.05, 0) is 66.6 Å². The molecule has 2 aromatic carbocycles. The highest BCUT2D eigenvalue weighted by molar-refractivity contribution is 5.93. The Morgan fingerprint density at radius 3 is 2.24 bits per heavy atom. The van der Waals surface area contributed by atoms with Crippen molar-refractivity contribution in [2.45, 2.75) is 57.8 Å². The van der Waals surface area contributed by atoms with Crippen LogP contribution < -0.4 is 10.6 Å². The summed E-state index contributed by atoms with van der Waals surface area (Å²) in [6.07, 6.45) is -0.593. The van der Waals surface area contributed by atoms with E-state index in [0.717, 1.165) is 49.4 Å². The van der Waals surface area contributed by atoms with Crippen molar-refractivity contribution in [2.75, 3.05) is 18.0 Å². The summed E-state index contributed by atoms with van der Waals surface area (Å²) in [6.45, 7) is 4.79. The summed E-state index contributed by atoms with van der Waals surface area (Å²) in [5, 5.41) is 7.12. The van der Waals surface area contributed by atoms with E-state index in [4.69, 9.17) is 20.6 Å². The second-order valence-corrected chi connectivity index (χ2v) is 10.4. The molecule has 3 aliphatic rings. The number of fused-ring (bicyclic) bond motifs is 2. The van der Waals surface area contributed by atoms with Crippen molar-refractivity contribution in [3.63, 3.8) is 0 Å². The van der Waals surface area contributed by atoms with E-state index in [0.29, 0.717) is 18.0 Å². The Kier molecular flexibility index (Phi) is 7.50. The van der Waals surface area contributed by atoms with E-state index in [2.05, 4.69) is 27.7 Å². The summed E-state index contributed by atoms with van der Waals surface area (Å²) >= 11 is 0. The lowest BCUT2D eigenvalue weighted by atomic mass is 9.95. The standard InChI is InChI=1S/C27H29N5O2.C2HF3O2/c1-17(33)30-13-14-32-24(16-30)27(29-26(32)20-8-9-20)31-12-2-3-22-15-21(10-11-23(22)31)18-4-6-19(7-5-18)25(28)34;3-2(4,5)1(6)7/h4-7,10-11,15,20H,2-3,8-9,12-14,16H2,1H3,(H2,28,34);(H,6,7). The highest BCUT2D eigenvalue weighted by atomic mass is 19.4. The maximum Gasteiger partial charge on any atom is 0.490 e. The monoisotopic (exact) mass is 569 g/mol. The molecule has 0 bridgehead atoms. The van der Waals surface area contributed by atoms with Crippen LogP contribution in [0.25, 0.3) is 11.1 Å². The first-order valence-corrected chi connectivity index (χ1v) is 13.4. The number of imidazole rings is 1. The average molecular weight is 570 g/mol. The molecule has 3 aromatic rings. The average Bonchev–Trinajstić information content (AvgIpc) is 3.72. The molecule has 1 aliphatic carbocycles. The van der Waals surface area contributed by atoms with Crippen molar-refractivity contribution in [2.24, 2.45) is 5.73 Å². The number of nitrogens with zero attached hydrogens (tertiary/aromatic N) is 4. The van der Waals surface area contributed by atoms with Gasteiger partial charge in [-0.1, -0.05) is 18.2 Å². The number of nitrogens with two attached hydrogens (primary N) is 1. The molecule has 1 saturated carbocycles. The van der Waals surface area contributed by atoms with Gasteiger partial charge in [0, 0.05) is 43.7 Å². The highest BCUT2D eigenvalue weighted by Crippen LogP contribution is 2.44. The Labute approximate surface area is 234 Å². The lowest BCUT2D eigenvalue weighted by Gasteiger charge is -2.33. The minimum atomic E-state index is -5.08. The number of aliphatic carboxylic acids is 1. The van der Waals surface area contributed by atoms with E-state index in [-0.39, 0.29) is 5.91 Å². The van der Waals surface area contributed by atoms with Crippen LogP contribution in [0.5, 0.6) is 0 Å². The lowest BCUT2D eigenvalue weighted by molar-refractivity contribution is -0.192. The number of aromatic nitrogens is 2. The molecule has 9 nitrogen and oxygen atoms in total. The molecule has 3 heterocycles. The Morgan fingerprint density at radius 1 is 1.00 bits per heavy atom. The lowest BCUT2D eigenvalue weighted by Crippen LogP contribution is -2.38. The number of carboxylic acid groups (broad SMARTS) is 1. The number of rotatable bonds is 4. The topological polar surface area (TPSA) is 122 Å². The zero-order valence-corrected chi connectivity index (χ0v) is 22.4. The van der Waals surface area contributed by atoms with Crippen LogP contribution in [0.3, 0.4) is 0 Å². The molecule has 0 atom stereocenters. The number of carbonyl (C=O) groups is 3. The van der Waals surface area contributed by atoms with Gasteiger partial charge in [0.25, 0.3) is 0 Å². The first kappa shape index (κ1) is 28.2. The summed E-state index contributed by atoms with van der Waals surface area (Å²) in [5.41, 5.74) is 11.8. The zero-order chi connectivity index (χ0) is 29.5. The van der Waals surface area contributed by atoms with Crippen molar-refractivity contribution in [1.82, 2.24) is 14.5 Å². The van der Waals surface area contributed by atoms with E-state index in [9.17, 15) is 22.8 Å². The molecule has 2 aliphatic heterocycles. The third-order valence-electron chi connectivity index (χ3n) is 7.60. The molecular formula is C29H30F3N5O4. The molecule has 1 fully saturated rings. The largest absolute Gasteiger partial charge is 0.490 e. The Bertz CT molecular complexity index is 1500. The van der Waals surface area contributed by atoms with Crippen molar-refractivity contribution >= 4 is 29.3 Å². The number of primary amides is 1. The summed E-state index contributed by atoms with van der Waals surface area (Å²) in [6, 6.07) is 14.1. The van der Waals surface area contributed by atoms with Gasteiger partial charge in [-0.3, -0.25) is 9.59 Å². The number of anilines is 2. The van der Waals surface area contributed by atoms with Gasteiger partial charge in [0.15, 0.2) is 5.82 Å². The van der Waals surface area contributed by atoms with Crippen LogP contribution in [-0.4, -0.2) is 56.6 Å². The number of amides is 2. The molecular weight excluding hydrogens is 539 g/mol. The number of alkyl halides is 3. The number of benzene rings is 2. The first-order valence-electron chi connectivity index (χ1n) is 13.4. The third kappa shape index (κ3) is 5.91. The maximum atomic E-state index is 12.1. The van der Waals surface area contributed by atoms with Crippen LogP contribution in [-0.2, 0) is 29.1 Å². The maximum absolute atomic E-state index is 12.1. The van der Waals surface area contributed by atoms with Crippen LogP contribution in [0, 0.1) is 0 Å². The zero-order valence-electron chi connectivity index (χ0n) is 22.4. The fraction of sp³-hybridized carbons (Fsp3) is 0.379. The fourth-order valence-corrected chi connectivity index (χ4v) is 5.34. The molecule has 41 heavy (non-hydrogen) atoms. The summed E-state index contributed by atoms with van der Waals surface area (Å²) in [7, 11) is 0. The minimum Gasteiger partial charge on any atom is -0.475 e. The number of aryl methyl sites for hydroxylation is 1. The number of hydrogen-bond acceptors (Lipinski definition) is 5. The Morgan fingerprint density at radius 2 is 1.66 bits per heavy atom. The SMILES string of the molecule is CC(=O)N1CCn2c(C3CC3)nc(N3CCCc4cc(-c5ccc(C(N)=O)cc5)ccc43)c2C1.O=C(O)C(F)(F)F. The normalized spacial score (nSPS) is 16.3. The minimum absolute atomic E-state index is 0.123. The number of halogens is 3. The van der Waals surface area contributed by atoms with Gasteiger partial charge in [-0.2, -0.15) is 13.2 Å². The molecule has 3 N–H and O–H groups in total. The van der Waals surface area contributed by atoms with E-state index >= 15 is 0 Å². The predicted octanol–water partition coefficient (Wildman–Crippen LogP) is 4.61. The summed E-state index contributed by atoms with van der Waals surface area (Å²) < 4.78 is 34.1. The van der Waals surface area contributed by atoms with Gasteiger partial charge in [0.1, 0.15) is 5.82 Å². The van der Waals surface area contributed by atoms with Crippen LogP contribution in [0.2, 0.25) is 0 Å². The molecule has 0 unspecified atom stereocenters. The van der Waals surface area contributed by atoms with Crippen molar-refractivity contribution in [1.29, 1.82) is 0 Å². The summed E-state index contributed by atoms with van der Waals surface area (Å²) in [4.78, 5) is 41.9. The second-order valence-electron chi connectivity index (χ2n) is 10.4. The van der Waals surface area contributed by atoms with Gasteiger partial charge in [-0.25, -0.2) is 9.78 Å². The quantitative estimate of drug-likeness (QED) is 0.474. The number of hydrogen-bond donors (Lipinski definition) is 2. The Balaban J connectivity index is 0.000000431. The molecule has 2 amide bonds. The number of carboxylic acids is 1. The third-order valence-corrected chi connectivity index (χ3v) is 7.60. The van der Waals surface area contributed by atoms with Crippen molar-refractivity contribution < 1.29 is 32.7 Å². The number of carbonyl (C=O) groups excluding carboxylic acids is 2. The van der Waals surface area contributed by atoms with Gasteiger partial charge in [-0.15, -0.1) is 0 Å². The van der Waals surface area contributed by atoms with Crippen molar-refractivity contribution in [3.8, 4) is 11.1 Å². The smallest absolute Gasteiger partial charge is 0.475 e. The predicted molar refractivity (Wildman–Crippen MR) is 145 cm³/mol.